The number of H-pyrrole nitrogens is 1. The van der Waals surface area contributed by atoms with E-state index in [1.165, 1.54) is 6.26 Å². The Morgan fingerprint density at radius 3 is 2.62 bits per heavy atom. The third-order valence-corrected chi connectivity index (χ3v) is 4.92. The van der Waals surface area contributed by atoms with Gasteiger partial charge in [0.25, 0.3) is 5.78 Å². The number of hydrogen-bond acceptors (Lipinski definition) is 7. The van der Waals surface area contributed by atoms with Gasteiger partial charge in [0.05, 0.1) is 11.1 Å². The van der Waals surface area contributed by atoms with Gasteiger partial charge >= 0.3 is 0 Å². The molecule has 128 valence electrons. The van der Waals surface area contributed by atoms with Crippen LogP contribution in [0.4, 0.5) is 0 Å². The molecule has 26 heavy (non-hydrogen) atoms. The highest BCUT2D eigenvalue weighted by Crippen LogP contribution is 2.36. The Kier molecular flexibility index (Phi) is 4.24. The predicted octanol–water partition coefficient (Wildman–Crippen LogP) is 3.18. The molecule has 4 rings (SSSR count). The first-order valence-corrected chi connectivity index (χ1v) is 8.57. The van der Waals surface area contributed by atoms with E-state index in [0.29, 0.717) is 11.3 Å². The molecular formula is C18H12N4O3S. The summed E-state index contributed by atoms with van der Waals surface area (Å²) >= 11 is 1.56. The van der Waals surface area contributed by atoms with Crippen LogP contribution in [-0.4, -0.2) is 32.2 Å². The molecule has 4 aromatic rings. The van der Waals surface area contributed by atoms with Crippen LogP contribution < -0.4 is 0 Å². The van der Waals surface area contributed by atoms with Crippen LogP contribution >= 0.6 is 11.3 Å². The van der Waals surface area contributed by atoms with Crippen molar-refractivity contribution in [2.75, 3.05) is 0 Å². The maximum atomic E-state index is 12.2. The third kappa shape index (κ3) is 3.09. The maximum absolute atomic E-state index is 12.2. The summed E-state index contributed by atoms with van der Waals surface area (Å²) in [6.07, 6.45) is 1.43. The van der Waals surface area contributed by atoms with Crippen molar-refractivity contribution in [1.82, 2.24) is 20.6 Å². The number of furan rings is 1. The minimum atomic E-state index is -0.776. The lowest BCUT2D eigenvalue weighted by atomic mass is 10.1. The Balaban J connectivity index is 1.57. The lowest BCUT2D eigenvalue weighted by Crippen LogP contribution is -2.18. The van der Waals surface area contributed by atoms with Crippen molar-refractivity contribution in [2.24, 2.45) is 0 Å². The quantitative estimate of drug-likeness (QED) is 0.416. The molecule has 1 N–H and O–H groups in total. The molecule has 0 radical (unpaired) electrons. The number of ketones is 2. The third-order valence-electron chi connectivity index (χ3n) is 3.79. The van der Waals surface area contributed by atoms with Crippen LogP contribution in [0.25, 0.3) is 21.1 Å². The Labute approximate surface area is 151 Å². The first-order valence-electron chi connectivity index (χ1n) is 7.75. The predicted molar refractivity (Wildman–Crippen MR) is 94.7 cm³/mol. The van der Waals surface area contributed by atoms with Crippen molar-refractivity contribution in [1.29, 1.82) is 0 Å². The second kappa shape index (κ2) is 6.85. The number of carbonyl (C=O) groups excluding carboxylic acids is 2. The van der Waals surface area contributed by atoms with Gasteiger partial charge in [-0.1, -0.05) is 30.3 Å². The first-order chi connectivity index (χ1) is 12.7. The lowest BCUT2D eigenvalue weighted by molar-refractivity contribution is -0.114. The molecule has 0 unspecified atom stereocenters. The number of thiophene rings is 1. The molecule has 0 bridgehead atoms. The molecule has 3 aromatic heterocycles. The molecule has 7 nitrogen and oxygen atoms in total. The minimum Gasteiger partial charge on any atom is -0.463 e. The Bertz CT molecular complexity index is 1050. The van der Waals surface area contributed by atoms with Crippen molar-refractivity contribution < 1.29 is 14.0 Å². The first kappa shape index (κ1) is 16.1. The molecule has 0 saturated heterocycles. The maximum Gasteiger partial charge on any atom is 0.269 e. The van der Waals surface area contributed by atoms with Crippen LogP contribution in [-0.2, 0) is 11.2 Å². The smallest absolute Gasteiger partial charge is 0.269 e. The van der Waals surface area contributed by atoms with Crippen LogP contribution in [0.15, 0.2) is 59.2 Å². The van der Waals surface area contributed by atoms with Crippen LogP contribution in [0, 0.1) is 0 Å². The number of benzene rings is 1. The van der Waals surface area contributed by atoms with Gasteiger partial charge in [0.2, 0.25) is 11.6 Å². The fourth-order valence-electron chi connectivity index (χ4n) is 2.54. The number of carbonyl (C=O) groups is 2. The summed E-state index contributed by atoms with van der Waals surface area (Å²) in [5, 5.41) is 12.5. The van der Waals surface area contributed by atoms with Crippen molar-refractivity contribution in [3.8, 4) is 21.1 Å². The molecule has 0 aliphatic heterocycles. The summed E-state index contributed by atoms with van der Waals surface area (Å²) in [5.74, 6) is -1.04. The molecule has 0 aliphatic rings. The van der Waals surface area contributed by atoms with Crippen LogP contribution in [0.5, 0.6) is 0 Å². The van der Waals surface area contributed by atoms with E-state index in [2.05, 4.69) is 20.6 Å². The second-order valence-corrected chi connectivity index (χ2v) is 6.55. The van der Waals surface area contributed by atoms with E-state index >= 15 is 0 Å². The number of rotatable bonds is 6. The summed E-state index contributed by atoms with van der Waals surface area (Å²) in [6, 6.07) is 15.6. The van der Waals surface area contributed by atoms with Crippen molar-refractivity contribution in [2.45, 2.75) is 6.42 Å². The van der Waals surface area contributed by atoms with Crippen molar-refractivity contribution in [3.63, 3.8) is 0 Å². The highest BCUT2D eigenvalue weighted by Gasteiger charge is 2.23. The Hall–Kier alpha value is -3.39. The number of nitrogens with zero attached hydrogens (tertiary/aromatic N) is 3. The normalized spacial score (nSPS) is 10.8. The van der Waals surface area contributed by atoms with E-state index in [4.69, 9.17) is 4.42 Å². The highest BCUT2D eigenvalue weighted by atomic mass is 32.1. The second-order valence-electron chi connectivity index (χ2n) is 5.47. The van der Waals surface area contributed by atoms with Crippen molar-refractivity contribution >= 4 is 22.9 Å². The van der Waals surface area contributed by atoms with Crippen LogP contribution in [0.3, 0.4) is 0 Å². The standard InChI is InChI=1S/C18H12N4O3S/c23-13(16(24)18-19-21-22-20-18)10-12-8-9-25-17(12)15-7-6-14(26-15)11-4-2-1-3-5-11/h1-9H,10H2,(H,19,20,21,22). The number of nitrogens with one attached hydrogen (secondary N) is 1. The molecule has 0 amide bonds. The fourth-order valence-corrected chi connectivity index (χ4v) is 3.58. The van der Waals surface area contributed by atoms with E-state index in [-0.39, 0.29) is 12.2 Å². The number of hydrogen-bond donors (Lipinski definition) is 1. The Morgan fingerprint density at radius 1 is 1.04 bits per heavy atom. The van der Waals surface area contributed by atoms with E-state index < -0.39 is 11.6 Å². The summed E-state index contributed by atoms with van der Waals surface area (Å²) in [7, 11) is 0. The minimum absolute atomic E-state index is 0.0855. The van der Waals surface area contributed by atoms with Gasteiger partial charge in [-0.15, -0.1) is 21.5 Å². The fraction of sp³-hybridized carbons (Fsp3) is 0.0556. The Morgan fingerprint density at radius 2 is 1.85 bits per heavy atom. The van der Waals surface area contributed by atoms with E-state index in [1.54, 1.807) is 17.4 Å². The molecule has 8 heteroatoms. The van der Waals surface area contributed by atoms with Gasteiger partial charge in [-0.05, 0) is 29.0 Å². The van der Waals surface area contributed by atoms with E-state index in [1.807, 2.05) is 42.5 Å². The average Bonchev–Trinajstić information content (AvgIpc) is 3.42. The van der Waals surface area contributed by atoms with Gasteiger partial charge in [-0.2, -0.15) is 5.21 Å². The number of aromatic amines is 1. The van der Waals surface area contributed by atoms with Crippen LogP contribution in [0.2, 0.25) is 0 Å². The van der Waals surface area contributed by atoms with Gasteiger partial charge in [0.1, 0.15) is 5.76 Å². The van der Waals surface area contributed by atoms with Crippen LogP contribution in [0.1, 0.15) is 16.2 Å². The highest BCUT2D eigenvalue weighted by molar-refractivity contribution is 7.18. The van der Waals surface area contributed by atoms with Gasteiger partial charge in [0.15, 0.2) is 0 Å². The zero-order valence-corrected chi connectivity index (χ0v) is 14.2. The molecule has 0 spiro atoms. The zero-order chi connectivity index (χ0) is 17.9. The lowest BCUT2D eigenvalue weighted by Gasteiger charge is -1.99. The molecule has 0 atom stereocenters. The number of Topliss-reactive ketones (excluding diaryl/α,β-unsaturated/α-hetero) is 2. The van der Waals surface area contributed by atoms with E-state index in [0.717, 1.165) is 15.3 Å². The molecule has 0 fully saturated rings. The number of aromatic nitrogens is 4. The molecule has 0 aliphatic carbocycles. The number of tetrazole rings is 1. The summed E-state index contributed by atoms with van der Waals surface area (Å²) < 4.78 is 5.57. The molecule has 1 aromatic carbocycles. The molecular weight excluding hydrogens is 352 g/mol. The summed E-state index contributed by atoms with van der Waals surface area (Å²) in [5.41, 5.74) is 1.76. The monoisotopic (exact) mass is 364 g/mol. The summed E-state index contributed by atoms with van der Waals surface area (Å²) in [4.78, 5) is 26.2. The average molecular weight is 364 g/mol. The van der Waals surface area contributed by atoms with Gasteiger partial charge in [-0.3, -0.25) is 9.59 Å². The van der Waals surface area contributed by atoms with Gasteiger partial charge in [-0.25, -0.2) is 0 Å². The largest absolute Gasteiger partial charge is 0.463 e. The van der Waals surface area contributed by atoms with Gasteiger partial charge < -0.3 is 4.42 Å². The molecule has 0 saturated carbocycles. The SMILES string of the molecule is O=C(Cc1ccoc1-c1ccc(-c2ccccc2)s1)C(=O)c1nn[nH]n1. The van der Waals surface area contributed by atoms with Crippen molar-refractivity contribution in [3.05, 3.63) is 66.2 Å². The van der Waals surface area contributed by atoms with Gasteiger partial charge in [0, 0.05) is 16.9 Å². The summed E-state index contributed by atoms with van der Waals surface area (Å²) in [6.45, 7) is 0. The topological polar surface area (TPSA) is 102 Å². The van der Waals surface area contributed by atoms with E-state index in [9.17, 15) is 9.59 Å². The molecule has 3 heterocycles. The zero-order valence-electron chi connectivity index (χ0n) is 13.4.